The molecule has 0 saturated heterocycles. The summed E-state index contributed by atoms with van der Waals surface area (Å²) in [4.78, 5) is 33.4. The van der Waals surface area contributed by atoms with Gasteiger partial charge >= 0.3 is 0 Å². The topological polar surface area (TPSA) is 113 Å². The molecule has 8 nitrogen and oxygen atoms in total. The molecule has 0 atom stereocenters. The summed E-state index contributed by atoms with van der Waals surface area (Å²) < 4.78 is 0. The number of hydrogen-bond donors (Lipinski definition) is 3. The van der Waals surface area contributed by atoms with Gasteiger partial charge in [0.05, 0.1) is 11.5 Å². The summed E-state index contributed by atoms with van der Waals surface area (Å²) in [5.41, 5.74) is 0.169. The number of benzene rings is 1. The first-order chi connectivity index (χ1) is 9.49. The predicted octanol–water partition coefficient (Wildman–Crippen LogP) is 0.502. The maximum absolute atomic E-state index is 11.9. The first-order valence-corrected chi connectivity index (χ1v) is 6.00. The normalized spacial score (nSPS) is 9.70. The van der Waals surface area contributed by atoms with E-state index in [9.17, 15) is 19.7 Å². The van der Waals surface area contributed by atoms with Crippen molar-refractivity contribution in [3.8, 4) is 0 Å². The minimum Gasteiger partial charge on any atom is -0.388 e. The summed E-state index contributed by atoms with van der Waals surface area (Å²) in [6.07, 6.45) is 0. The monoisotopic (exact) mass is 280 g/mol. The number of nitrogens with zero attached hydrogens (tertiary/aromatic N) is 1. The summed E-state index contributed by atoms with van der Waals surface area (Å²) in [5.74, 6) is -1.02. The fraction of sp³-hybridized carbons (Fsp3) is 0.333. The van der Waals surface area contributed by atoms with Crippen molar-refractivity contribution in [2.45, 2.75) is 6.92 Å². The molecule has 1 rings (SSSR count). The zero-order chi connectivity index (χ0) is 15.1. The Morgan fingerprint density at radius 2 is 2.00 bits per heavy atom. The molecule has 0 aromatic heterocycles. The van der Waals surface area contributed by atoms with Gasteiger partial charge in [-0.2, -0.15) is 0 Å². The van der Waals surface area contributed by atoms with E-state index in [1.807, 2.05) is 0 Å². The smallest absolute Gasteiger partial charge is 0.282 e. The number of nitro groups is 1. The number of nitro benzene ring substituents is 1. The lowest BCUT2D eigenvalue weighted by Crippen LogP contribution is -2.36. The van der Waals surface area contributed by atoms with Crippen LogP contribution >= 0.6 is 0 Å². The van der Waals surface area contributed by atoms with E-state index in [2.05, 4.69) is 16.0 Å². The largest absolute Gasteiger partial charge is 0.388 e. The van der Waals surface area contributed by atoms with E-state index in [1.165, 1.54) is 18.2 Å². The predicted molar refractivity (Wildman–Crippen MR) is 73.7 cm³/mol. The fourth-order valence-electron chi connectivity index (χ4n) is 1.55. The highest BCUT2D eigenvalue weighted by Crippen LogP contribution is 2.22. The number of amides is 2. The number of rotatable bonds is 6. The lowest BCUT2D eigenvalue weighted by atomic mass is 10.1. The Labute approximate surface area is 115 Å². The molecule has 0 radical (unpaired) electrons. The van der Waals surface area contributed by atoms with E-state index in [0.717, 1.165) is 0 Å². The van der Waals surface area contributed by atoms with E-state index in [4.69, 9.17) is 0 Å². The van der Waals surface area contributed by atoms with Gasteiger partial charge in [-0.15, -0.1) is 0 Å². The first-order valence-electron chi connectivity index (χ1n) is 6.00. The molecular formula is C12H16N4O4. The summed E-state index contributed by atoms with van der Waals surface area (Å²) in [7, 11) is 1.64. The van der Waals surface area contributed by atoms with E-state index in [1.54, 1.807) is 14.0 Å². The molecule has 8 heteroatoms. The van der Waals surface area contributed by atoms with Crippen LogP contribution in [-0.2, 0) is 4.79 Å². The Hall–Kier alpha value is -2.64. The molecule has 0 fully saturated rings. The summed E-state index contributed by atoms with van der Waals surface area (Å²) >= 11 is 0. The van der Waals surface area contributed by atoms with Crippen LogP contribution < -0.4 is 16.0 Å². The van der Waals surface area contributed by atoms with E-state index < -0.39 is 10.8 Å². The third-order valence-corrected chi connectivity index (χ3v) is 2.51. The zero-order valence-electron chi connectivity index (χ0n) is 11.2. The van der Waals surface area contributed by atoms with Crippen LogP contribution in [-0.4, -0.2) is 36.9 Å². The van der Waals surface area contributed by atoms with Crippen molar-refractivity contribution < 1.29 is 14.5 Å². The third-order valence-electron chi connectivity index (χ3n) is 2.51. The molecule has 108 valence electrons. The maximum atomic E-state index is 11.9. The Balaban J connectivity index is 2.90. The second-order valence-corrected chi connectivity index (χ2v) is 3.88. The van der Waals surface area contributed by atoms with Crippen molar-refractivity contribution in [2.24, 2.45) is 0 Å². The van der Waals surface area contributed by atoms with Crippen LogP contribution in [0.1, 0.15) is 17.3 Å². The standard InChI is InChI=1S/C12H16N4O4/c1-3-14-11(17)7-15-12(18)9-6-8(13-2)4-5-10(9)16(19)20/h4-6,13H,3,7H2,1-2H3,(H,14,17)(H,15,18). The van der Waals surface area contributed by atoms with Gasteiger partial charge in [-0.25, -0.2) is 0 Å². The van der Waals surface area contributed by atoms with Gasteiger partial charge < -0.3 is 16.0 Å². The van der Waals surface area contributed by atoms with Crippen molar-refractivity contribution in [3.63, 3.8) is 0 Å². The Kier molecular flexibility index (Phi) is 5.45. The molecule has 20 heavy (non-hydrogen) atoms. The van der Waals surface area contributed by atoms with Crippen LogP contribution in [0.25, 0.3) is 0 Å². The highest BCUT2D eigenvalue weighted by atomic mass is 16.6. The van der Waals surface area contributed by atoms with E-state index in [0.29, 0.717) is 12.2 Å². The highest BCUT2D eigenvalue weighted by Gasteiger charge is 2.20. The second kappa shape index (κ2) is 7.07. The van der Waals surface area contributed by atoms with Crippen molar-refractivity contribution in [3.05, 3.63) is 33.9 Å². The van der Waals surface area contributed by atoms with Gasteiger partial charge in [-0.05, 0) is 19.1 Å². The highest BCUT2D eigenvalue weighted by molar-refractivity contribution is 6.00. The van der Waals surface area contributed by atoms with Gasteiger partial charge in [-0.3, -0.25) is 19.7 Å². The SMILES string of the molecule is CCNC(=O)CNC(=O)c1cc(NC)ccc1[N+](=O)[O-]. The average molecular weight is 280 g/mol. The van der Waals surface area contributed by atoms with Crippen LogP contribution in [0, 0.1) is 10.1 Å². The van der Waals surface area contributed by atoms with Gasteiger partial charge in [0, 0.05) is 25.3 Å². The number of likely N-dealkylation sites (N-methyl/N-ethyl adjacent to an activating group) is 1. The van der Waals surface area contributed by atoms with Gasteiger partial charge in [0.25, 0.3) is 11.6 Å². The molecule has 1 aromatic carbocycles. The number of carbonyl (C=O) groups is 2. The molecule has 0 aliphatic heterocycles. The molecule has 0 unspecified atom stereocenters. The quantitative estimate of drug-likeness (QED) is 0.519. The molecule has 0 bridgehead atoms. The number of carbonyl (C=O) groups excluding carboxylic acids is 2. The number of anilines is 1. The van der Waals surface area contributed by atoms with Crippen molar-refractivity contribution in [1.29, 1.82) is 0 Å². The zero-order valence-corrected chi connectivity index (χ0v) is 11.2. The molecule has 0 aliphatic rings. The van der Waals surface area contributed by atoms with Gasteiger partial charge in [0.15, 0.2) is 0 Å². The fourth-order valence-corrected chi connectivity index (χ4v) is 1.55. The van der Waals surface area contributed by atoms with Crippen molar-refractivity contribution in [1.82, 2.24) is 10.6 Å². The number of hydrogen-bond acceptors (Lipinski definition) is 5. The van der Waals surface area contributed by atoms with Crippen LogP contribution in [0.4, 0.5) is 11.4 Å². The molecule has 1 aromatic rings. The summed E-state index contributed by atoms with van der Waals surface area (Å²) in [6.45, 7) is 1.97. The molecular weight excluding hydrogens is 264 g/mol. The van der Waals surface area contributed by atoms with Gasteiger partial charge in [0.1, 0.15) is 5.56 Å². The Bertz CT molecular complexity index is 530. The van der Waals surface area contributed by atoms with Crippen LogP contribution in [0.3, 0.4) is 0 Å². The van der Waals surface area contributed by atoms with Crippen LogP contribution in [0.2, 0.25) is 0 Å². The number of nitrogens with one attached hydrogen (secondary N) is 3. The van der Waals surface area contributed by atoms with Crippen molar-refractivity contribution >= 4 is 23.2 Å². The lowest BCUT2D eigenvalue weighted by molar-refractivity contribution is -0.385. The average Bonchev–Trinajstić information content (AvgIpc) is 2.44. The molecule has 3 N–H and O–H groups in total. The third kappa shape index (κ3) is 3.94. The Morgan fingerprint density at radius 3 is 2.55 bits per heavy atom. The van der Waals surface area contributed by atoms with E-state index >= 15 is 0 Å². The summed E-state index contributed by atoms with van der Waals surface area (Å²) in [6, 6.07) is 4.11. The molecule has 0 spiro atoms. The van der Waals surface area contributed by atoms with E-state index in [-0.39, 0.29) is 23.7 Å². The van der Waals surface area contributed by atoms with Gasteiger partial charge in [-0.1, -0.05) is 0 Å². The van der Waals surface area contributed by atoms with Crippen LogP contribution in [0.15, 0.2) is 18.2 Å². The molecule has 2 amide bonds. The van der Waals surface area contributed by atoms with Gasteiger partial charge in [0.2, 0.25) is 5.91 Å². The second-order valence-electron chi connectivity index (χ2n) is 3.88. The molecule has 0 saturated carbocycles. The van der Waals surface area contributed by atoms with Crippen LogP contribution in [0.5, 0.6) is 0 Å². The van der Waals surface area contributed by atoms with Crippen molar-refractivity contribution in [2.75, 3.05) is 25.5 Å². The minimum absolute atomic E-state index is 0.0915. The minimum atomic E-state index is -0.667. The lowest BCUT2D eigenvalue weighted by Gasteiger charge is -2.07. The first kappa shape index (κ1) is 15.4. The molecule has 0 aliphatic carbocycles. The maximum Gasteiger partial charge on any atom is 0.282 e. The molecule has 0 heterocycles. The Morgan fingerprint density at radius 1 is 1.30 bits per heavy atom. The summed E-state index contributed by atoms with van der Waals surface area (Å²) in [5, 5.41) is 18.5.